The fourth-order valence-electron chi connectivity index (χ4n) is 3.95. The maximum Gasteiger partial charge on any atom is 0.300 e. The van der Waals surface area contributed by atoms with Crippen molar-refractivity contribution >= 4 is 28.8 Å². The maximum absolute atomic E-state index is 13.2. The minimum absolute atomic E-state index is 0.0249. The number of aliphatic hydroxyl groups excluding tert-OH is 1. The van der Waals surface area contributed by atoms with Gasteiger partial charge in [0.25, 0.3) is 11.7 Å². The number of carbonyl (C=O) groups excluding carboxylic acids is 2. The number of rotatable bonds is 7. The van der Waals surface area contributed by atoms with E-state index >= 15 is 0 Å². The standard InChI is InChI=1S/C27H27N3O4/c1-4-16-34-22-13-7-18(8-14-22)25(31)23-24(19-6-5-15-28-17-19)30(27(33)26(23)32)21-11-9-20(10-12-21)29(2)3/h5-15,17,24,31H,4,16H2,1-3H3/b25-23+. The Hall–Kier alpha value is -4.13. The van der Waals surface area contributed by atoms with Crippen molar-refractivity contribution in [1.82, 2.24) is 4.98 Å². The molecule has 0 saturated carbocycles. The molecule has 0 aliphatic carbocycles. The smallest absolute Gasteiger partial charge is 0.300 e. The maximum atomic E-state index is 13.2. The number of aliphatic hydroxyl groups is 1. The summed E-state index contributed by atoms with van der Waals surface area (Å²) < 4.78 is 5.61. The van der Waals surface area contributed by atoms with Crippen LogP contribution in [0.5, 0.6) is 5.75 Å². The van der Waals surface area contributed by atoms with Gasteiger partial charge in [-0.2, -0.15) is 0 Å². The van der Waals surface area contributed by atoms with E-state index in [0.717, 1.165) is 12.1 Å². The van der Waals surface area contributed by atoms with Crippen molar-refractivity contribution in [2.24, 2.45) is 0 Å². The number of hydrogen-bond donors (Lipinski definition) is 1. The molecule has 34 heavy (non-hydrogen) atoms. The van der Waals surface area contributed by atoms with E-state index in [4.69, 9.17) is 4.74 Å². The molecule has 1 fully saturated rings. The first-order valence-electron chi connectivity index (χ1n) is 11.1. The van der Waals surface area contributed by atoms with E-state index in [2.05, 4.69) is 4.98 Å². The number of carbonyl (C=O) groups is 2. The summed E-state index contributed by atoms with van der Waals surface area (Å²) in [5, 5.41) is 11.2. The number of hydrogen-bond acceptors (Lipinski definition) is 6. The molecule has 0 radical (unpaired) electrons. The van der Waals surface area contributed by atoms with E-state index in [1.165, 1.54) is 4.90 Å². The molecule has 1 unspecified atom stereocenters. The van der Waals surface area contributed by atoms with Gasteiger partial charge >= 0.3 is 0 Å². The third-order valence-corrected chi connectivity index (χ3v) is 5.69. The van der Waals surface area contributed by atoms with Crippen molar-refractivity contribution in [2.75, 3.05) is 30.5 Å². The van der Waals surface area contributed by atoms with E-state index in [-0.39, 0.29) is 11.3 Å². The summed E-state index contributed by atoms with van der Waals surface area (Å²) in [7, 11) is 3.85. The second-order valence-corrected chi connectivity index (χ2v) is 8.24. The lowest BCUT2D eigenvalue weighted by molar-refractivity contribution is -0.132. The number of pyridine rings is 1. The van der Waals surface area contributed by atoms with Gasteiger partial charge in [-0.05, 0) is 66.6 Å². The summed E-state index contributed by atoms with van der Waals surface area (Å²) in [5.41, 5.74) is 2.60. The summed E-state index contributed by atoms with van der Waals surface area (Å²) in [4.78, 5) is 34.0. The van der Waals surface area contributed by atoms with Crippen molar-refractivity contribution in [3.63, 3.8) is 0 Å². The van der Waals surface area contributed by atoms with Gasteiger partial charge in [-0.15, -0.1) is 0 Å². The van der Waals surface area contributed by atoms with Crippen molar-refractivity contribution in [3.05, 3.63) is 89.8 Å². The first kappa shape index (κ1) is 23.0. The molecule has 7 heteroatoms. The SMILES string of the molecule is CCCOc1ccc(/C(O)=C2\C(=O)C(=O)N(c3ccc(N(C)C)cc3)C2c2cccnc2)cc1. The molecule has 1 aromatic heterocycles. The van der Waals surface area contributed by atoms with Crippen molar-refractivity contribution < 1.29 is 19.4 Å². The molecular weight excluding hydrogens is 430 g/mol. The monoisotopic (exact) mass is 457 g/mol. The zero-order chi connectivity index (χ0) is 24.2. The van der Waals surface area contributed by atoms with Gasteiger partial charge in [0.1, 0.15) is 11.5 Å². The average Bonchev–Trinajstić information content (AvgIpc) is 3.13. The quantitative estimate of drug-likeness (QED) is 0.318. The molecule has 0 spiro atoms. The number of ketones is 1. The zero-order valence-corrected chi connectivity index (χ0v) is 19.4. The molecule has 3 aromatic rings. The van der Waals surface area contributed by atoms with Crippen LogP contribution in [0.15, 0.2) is 78.6 Å². The Labute approximate surface area is 198 Å². The Morgan fingerprint density at radius 2 is 1.76 bits per heavy atom. The van der Waals surface area contributed by atoms with Crippen LogP contribution >= 0.6 is 0 Å². The minimum atomic E-state index is -0.810. The molecule has 2 heterocycles. The molecule has 4 rings (SSSR count). The van der Waals surface area contributed by atoms with Crippen molar-refractivity contribution in [1.29, 1.82) is 0 Å². The van der Waals surface area contributed by atoms with Gasteiger partial charge in [-0.1, -0.05) is 13.0 Å². The summed E-state index contributed by atoms with van der Waals surface area (Å²) in [6.07, 6.45) is 4.11. The second-order valence-electron chi connectivity index (χ2n) is 8.24. The highest BCUT2D eigenvalue weighted by Crippen LogP contribution is 2.42. The number of benzene rings is 2. The number of ether oxygens (including phenoxy) is 1. The van der Waals surface area contributed by atoms with Gasteiger partial charge in [0.05, 0.1) is 18.2 Å². The van der Waals surface area contributed by atoms with Crippen LogP contribution in [0, 0.1) is 0 Å². The molecule has 1 amide bonds. The number of anilines is 2. The molecule has 1 aliphatic rings. The predicted molar refractivity (Wildman–Crippen MR) is 132 cm³/mol. The van der Waals surface area contributed by atoms with E-state index in [0.29, 0.717) is 29.2 Å². The van der Waals surface area contributed by atoms with Crippen LogP contribution in [-0.4, -0.2) is 42.5 Å². The molecule has 1 atom stereocenters. The van der Waals surface area contributed by atoms with Gasteiger partial charge < -0.3 is 14.7 Å². The highest BCUT2D eigenvalue weighted by Gasteiger charge is 2.47. The van der Waals surface area contributed by atoms with Crippen molar-refractivity contribution in [2.45, 2.75) is 19.4 Å². The Bertz CT molecular complexity index is 1200. The Balaban J connectivity index is 1.81. The lowest BCUT2D eigenvalue weighted by atomic mass is 9.96. The summed E-state index contributed by atoms with van der Waals surface area (Å²) in [6, 6.07) is 16.9. The number of nitrogens with zero attached hydrogens (tertiary/aromatic N) is 3. The fraction of sp³-hybridized carbons (Fsp3) is 0.222. The Kier molecular flexibility index (Phi) is 6.63. The molecule has 7 nitrogen and oxygen atoms in total. The Morgan fingerprint density at radius 1 is 1.06 bits per heavy atom. The number of aromatic nitrogens is 1. The van der Waals surface area contributed by atoms with Crippen LogP contribution < -0.4 is 14.5 Å². The van der Waals surface area contributed by atoms with E-state index < -0.39 is 17.7 Å². The molecular formula is C27H27N3O4. The van der Waals surface area contributed by atoms with Crippen LogP contribution in [-0.2, 0) is 9.59 Å². The number of amides is 1. The van der Waals surface area contributed by atoms with Crippen LogP contribution in [0.3, 0.4) is 0 Å². The highest BCUT2D eigenvalue weighted by molar-refractivity contribution is 6.51. The average molecular weight is 458 g/mol. The Morgan fingerprint density at radius 3 is 2.35 bits per heavy atom. The summed E-state index contributed by atoms with van der Waals surface area (Å²) in [6.45, 7) is 2.61. The van der Waals surface area contributed by atoms with Crippen LogP contribution in [0.2, 0.25) is 0 Å². The van der Waals surface area contributed by atoms with Gasteiger partial charge in [-0.3, -0.25) is 19.5 Å². The largest absolute Gasteiger partial charge is 0.507 e. The second kappa shape index (κ2) is 9.79. The normalized spacial score (nSPS) is 17.1. The zero-order valence-electron chi connectivity index (χ0n) is 19.4. The first-order chi connectivity index (χ1) is 16.4. The lowest BCUT2D eigenvalue weighted by Gasteiger charge is -2.25. The third kappa shape index (κ3) is 4.37. The molecule has 2 aromatic carbocycles. The molecule has 1 aliphatic heterocycles. The minimum Gasteiger partial charge on any atom is -0.507 e. The highest BCUT2D eigenvalue weighted by atomic mass is 16.5. The van der Waals surface area contributed by atoms with E-state index in [9.17, 15) is 14.7 Å². The van der Waals surface area contributed by atoms with Crippen LogP contribution in [0.1, 0.15) is 30.5 Å². The van der Waals surface area contributed by atoms with Crippen molar-refractivity contribution in [3.8, 4) is 5.75 Å². The van der Waals surface area contributed by atoms with Crippen LogP contribution in [0.4, 0.5) is 11.4 Å². The predicted octanol–water partition coefficient (Wildman–Crippen LogP) is 4.56. The van der Waals surface area contributed by atoms with Gasteiger partial charge in [-0.25, -0.2) is 0 Å². The van der Waals surface area contributed by atoms with Crippen LogP contribution in [0.25, 0.3) is 5.76 Å². The molecule has 174 valence electrons. The third-order valence-electron chi connectivity index (χ3n) is 5.69. The molecule has 0 bridgehead atoms. The topological polar surface area (TPSA) is 83.0 Å². The molecule has 1 saturated heterocycles. The van der Waals surface area contributed by atoms with E-state index in [1.807, 2.05) is 38.1 Å². The van der Waals surface area contributed by atoms with Gasteiger partial charge in [0, 0.05) is 43.4 Å². The first-order valence-corrected chi connectivity index (χ1v) is 11.1. The van der Waals surface area contributed by atoms with Gasteiger partial charge in [0.15, 0.2) is 0 Å². The molecule has 1 N–H and O–H groups in total. The van der Waals surface area contributed by atoms with E-state index in [1.54, 1.807) is 60.9 Å². The summed E-state index contributed by atoms with van der Waals surface area (Å²) in [5.74, 6) is -1.00. The number of Topliss-reactive ketones (excluding diaryl/α,β-unsaturated/α-hetero) is 1. The lowest BCUT2D eigenvalue weighted by Crippen LogP contribution is -2.29. The summed E-state index contributed by atoms with van der Waals surface area (Å²) >= 11 is 0. The van der Waals surface area contributed by atoms with Gasteiger partial charge in [0.2, 0.25) is 0 Å². The fourth-order valence-corrected chi connectivity index (χ4v) is 3.95.